The van der Waals surface area contributed by atoms with Crippen LogP contribution in [0.25, 0.3) is 45.3 Å². The van der Waals surface area contributed by atoms with Gasteiger partial charge in [0.25, 0.3) is 0 Å². The van der Waals surface area contributed by atoms with E-state index in [1.807, 2.05) is 36.4 Å². The fraction of sp³-hybridized carbons (Fsp3) is 0.225. The Hall–Kier alpha value is -9.66. The molecule has 0 saturated carbocycles. The summed E-state index contributed by atoms with van der Waals surface area (Å²) < 4.78 is 0. The molecule has 5 heterocycles. The Kier molecular flexibility index (Phi) is 13.1. The minimum Gasteiger partial charge on any atom is -0.395 e. The van der Waals surface area contributed by atoms with Gasteiger partial charge in [0.2, 0.25) is 0 Å². The summed E-state index contributed by atoms with van der Waals surface area (Å²) in [7, 11) is 0. The van der Waals surface area contributed by atoms with Gasteiger partial charge in [-0.3, -0.25) is 0 Å². The van der Waals surface area contributed by atoms with Crippen LogP contribution in [0.15, 0.2) is 298 Å². The quantitative estimate of drug-likeness (QED) is 0.172. The zero-order valence-electron chi connectivity index (χ0n) is 49.6. The van der Waals surface area contributed by atoms with E-state index in [-0.39, 0.29) is 35.5 Å². The van der Waals surface area contributed by atoms with E-state index in [4.69, 9.17) is 25.7 Å². The molecule has 8 heteroatoms. The third-order valence-corrected chi connectivity index (χ3v) is 20.2. The molecular formula is C80H70N8. The van der Waals surface area contributed by atoms with E-state index in [1.165, 1.54) is 67.6 Å². The highest BCUT2D eigenvalue weighted by Gasteiger charge is 2.45. The Morgan fingerprint density at radius 2 is 0.591 bits per heavy atom. The van der Waals surface area contributed by atoms with Crippen molar-refractivity contribution in [3.05, 3.63) is 298 Å². The highest BCUT2D eigenvalue weighted by Crippen LogP contribution is 2.59. The maximum absolute atomic E-state index is 8.55. The first-order valence-electron chi connectivity index (χ1n) is 32.3. The number of benzene rings is 3. The van der Waals surface area contributed by atoms with Gasteiger partial charge in [-0.05, 0) is 116 Å². The van der Waals surface area contributed by atoms with Crippen molar-refractivity contribution in [2.24, 2.45) is 35.5 Å². The Bertz CT molecular complexity index is 4140. The number of nitrogen functional groups attached to an aromatic ring is 1. The fourth-order valence-corrected chi connectivity index (χ4v) is 16.3. The van der Waals surface area contributed by atoms with E-state index < -0.39 is 0 Å². The molecule has 2 aromatic heterocycles. The number of fused-ring (bicyclic) bond motifs is 9. The van der Waals surface area contributed by atoms with Crippen molar-refractivity contribution < 1.29 is 0 Å². The van der Waals surface area contributed by atoms with Crippen LogP contribution in [0.4, 0.5) is 23.0 Å². The van der Waals surface area contributed by atoms with Crippen molar-refractivity contribution in [1.29, 1.82) is 0 Å². The Balaban J connectivity index is 1.00. The summed E-state index contributed by atoms with van der Waals surface area (Å²) in [5.74, 6) is 4.67. The van der Waals surface area contributed by atoms with Crippen LogP contribution < -0.4 is 20.4 Å². The molecule has 5 aromatic rings. The van der Waals surface area contributed by atoms with E-state index >= 15 is 0 Å². The first kappa shape index (κ1) is 52.7. The van der Waals surface area contributed by atoms with Crippen LogP contribution in [0.2, 0.25) is 0 Å². The van der Waals surface area contributed by atoms with Crippen LogP contribution in [-0.2, 0) is 0 Å². The van der Waals surface area contributed by atoms with Gasteiger partial charge in [-0.15, -0.1) is 0 Å². The molecule has 6 unspecified atom stereocenters. The van der Waals surface area contributed by atoms with Crippen molar-refractivity contribution in [3.8, 4) is 45.3 Å². The second-order valence-corrected chi connectivity index (χ2v) is 25.0. The normalized spacial score (nSPS) is 25.2. The highest BCUT2D eigenvalue weighted by molar-refractivity contribution is 6.02. The number of allylic oxidation sites excluding steroid dienone is 36. The average Bonchev–Trinajstić information content (AvgIpc) is 1.44. The van der Waals surface area contributed by atoms with E-state index in [0.29, 0.717) is 23.2 Å². The molecule has 9 aliphatic carbocycles. The summed E-state index contributed by atoms with van der Waals surface area (Å²) in [6.45, 7) is 0. The largest absolute Gasteiger partial charge is 0.395 e. The Morgan fingerprint density at radius 3 is 0.920 bits per heavy atom. The first-order chi connectivity index (χ1) is 43.6. The maximum Gasteiger partial charge on any atom is 0.164 e. The van der Waals surface area contributed by atoms with Crippen molar-refractivity contribution in [2.75, 3.05) is 20.4 Å². The number of nitrogens with zero attached hydrogens (tertiary/aromatic N) is 7. The lowest BCUT2D eigenvalue weighted by Gasteiger charge is -2.42. The van der Waals surface area contributed by atoms with Gasteiger partial charge in [-0.2, -0.15) is 0 Å². The van der Waals surface area contributed by atoms with E-state index in [0.717, 1.165) is 122 Å². The van der Waals surface area contributed by atoms with Crippen molar-refractivity contribution >= 4 is 23.0 Å². The number of nitrogens with two attached hydrogens (primary N) is 1. The molecule has 12 aliphatic rings. The zero-order valence-corrected chi connectivity index (χ0v) is 49.6. The fourth-order valence-electron chi connectivity index (χ4n) is 16.3. The molecule has 0 saturated heterocycles. The maximum atomic E-state index is 8.55. The van der Waals surface area contributed by atoms with Gasteiger partial charge >= 0.3 is 0 Å². The first-order valence-corrected chi connectivity index (χ1v) is 32.3. The van der Waals surface area contributed by atoms with Crippen molar-refractivity contribution in [3.63, 3.8) is 0 Å². The summed E-state index contributed by atoms with van der Waals surface area (Å²) >= 11 is 0. The Morgan fingerprint density at radius 1 is 0.307 bits per heavy atom. The average molecular weight is 1140 g/mol. The van der Waals surface area contributed by atoms with E-state index in [2.05, 4.69) is 209 Å². The van der Waals surface area contributed by atoms with Crippen LogP contribution in [0.3, 0.4) is 0 Å². The lowest BCUT2D eigenvalue weighted by molar-refractivity contribution is 0.612. The predicted molar refractivity (Wildman–Crippen MR) is 359 cm³/mol. The number of anilines is 4. The third-order valence-electron chi connectivity index (χ3n) is 20.2. The standard InChI is InChI=1S/C80H70N8/c81-74-73(51-47-49-54(50-48-51)78-83-76(52-25-3-1-4-26-52)82-77(84-78)53-27-5-2-6-28-53)75(86-67-41-19-13-35-61(67)55-29-7-8-30-56(55)62-36-14-20-42-68(62)86)80(88-71-45-23-17-39-65(71)59-33-11-12-34-60(59)66-40-18-24-46-72(66)88)85-79(74)87-69-43-21-15-37-63(69)57-31-9-10-32-58(57)64-38-16-22-44-70(64)87/h1-18,25-40,47-50,55-60H,19-24,41-46,81H2. The molecule has 6 atom stereocenters. The molecule has 3 aliphatic heterocycles. The number of pyridine rings is 1. The van der Waals surface area contributed by atoms with Crippen molar-refractivity contribution in [2.45, 2.75) is 77.0 Å². The Labute approximate surface area is 516 Å². The molecule has 3 aromatic carbocycles. The van der Waals surface area contributed by atoms with Crippen molar-refractivity contribution in [1.82, 2.24) is 19.9 Å². The minimum absolute atomic E-state index is 0.167. The molecule has 430 valence electrons. The minimum atomic E-state index is 0.167. The molecule has 0 amide bonds. The van der Waals surface area contributed by atoms with Gasteiger partial charge in [-0.25, -0.2) is 19.9 Å². The van der Waals surface area contributed by atoms with Gasteiger partial charge < -0.3 is 20.4 Å². The summed E-state index contributed by atoms with van der Waals surface area (Å²) in [4.78, 5) is 30.2. The molecule has 0 fully saturated rings. The van der Waals surface area contributed by atoms with Gasteiger partial charge in [0.05, 0.1) is 11.4 Å². The molecule has 17 rings (SSSR count). The predicted octanol–water partition coefficient (Wildman–Crippen LogP) is 18.7. The van der Waals surface area contributed by atoms with E-state index in [9.17, 15) is 0 Å². The monoisotopic (exact) mass is 1140 g/mol. The molecule has 88 heavy (non-hydrogen) atoms. The molecule has 0 spiro atoms. The summed E-state index contributed by atoms with van der Waals surface area (Å²) in [6.07, 6.45) is 68.4. The number of hydrogen-bond acceptors (Lipinski definition) is 8. The molecule has 0 radical (unpaired) electrons. The SMILES string of the molecule is Nc1c(N2C3=C(C=CCC3)C3C=CC=CC3C3=C2CCC=C3)nc(N2C3=C(C=CCC3)C3C=CC=CC3C3=C2CCC=C3)c(N2C3=C(C=CCC3)C3C=CC=CC3C3=C2CCC=C3)c1-c1ccc(-c2nc(-c3ccccc3)nc(-c3ccccc3)n2)cc1. The molecule has 8 nitrogen and oxygen atoms in total. The van der Waals surface area contributed by atoms with Gasteiger partial charge in [0.1, 0.15) is 0 Å². The summed E-state index contributed by atoms with van der Waals surface area (Å²) in [5.41, 5.74) is 31.2. The van der Waals surface area contributed by atoms with Crippen LogP contribution in [0, 0.1) is 35.5 Å². The smallest absolute Gasteiger partial charge is 0.164 e. The lowest BCUT2D eigenvalue weighted by Crippen LogP contribution is -2.33. The molecule has 2 N–H and O–H groups in total. The zero-order chi connectivity index (χ0) is 58.2. The highest BCUT2D eigenvalue weighted by atomic mass is 15.3. The molecular weight excluding hydrogens is 1070 g/mol. The number of aromatic nitrogens is 4. The van der Waals surface area contributed by atoms with Gasteiger partial charge in [-0.1, -0.05) is 231 Å². The van der Waals surface area contributed by atoms with Crippen LogP contribution in [0.5, 0.6) is 0 Å². The lowest BCUT2D eigenvalue weighted by atomic mass is 9.76. The third kappa shape index (κ3) is 8.69. The van der Waals surface area contributed by atoms with Crippen LogP contribution >= 0.6 is 0 Å². The number of rotatable bonds is 7. The number of hydrogen-bond donors (Lipinski definition) is 1. The van der Waals surface area contributed by atoms with Crippen LogP contribution in [-0.4, -0.2) is 19.9 Å². The van der Waals surface area contributed by atoms with Gasteiger partial charge in [0.15, 0.2) is 29.1 Å². The summed E-state index contributed by atoms with van der Waals surface area (Å²) in [5, 5.41) is 0. The topological polar surface area (TPSA) is 87.3 Å². The van der Waals surface area contributed by atoms with Gasteiger partial charge in [0, 0.05) is 91.9 Å². The molecule has 0 bridgehead atoms. The van der Waals surface area contributed by atoms with Crippen LogP contribution in [0.1, 0.15) is 77.0 Å². The van der Waals surface area contributed by atoms with E-state index in [1.54, 1.807) is 0 Å². The second kappa shape index (κ2) is 21.9. The second-order valence-electron chi connectivity index (χ2n) is 25.0. The summed E-state index contributed by atoms with van der Waals surface area (Å²) in [6, 6.07) is 29.6.